The normalized spacial score (nSPS) is 17.1. The number of pyridine rings is 1. The second-order valence-corrected chi connectivity index (χ2v) is 13.5. The molecule has 1 atom stereocenters. The van der Waals surface area contributed by atoms with Gasteiger partial charge in [0.15, 0.2) is 11.5 Å². The summed E-state index contributed by atoms with van der Waals surface area (Å²) >= 11 is 6.41. The van der Waals surface area contributed by atoms with Gasteiger partial charge in [-0.3, -0.25) is 19.4 Å². The third-order valence-corrected chi connectivity index (χ3v) is 9.87. The molecule has 4 heterocycles. The Kier molecular flexibility index (Phi) is 12.0. The molecule has 2 bridgehead atoms. The lowest BCUT2D eigenvalue weighted by Gasteiger charge is -2.36. The first-order chi connectivity index (χ1) is 25.7. The van der Waals surface area contributed by atoms with E-state index in [0.717, 1.165) is 30.8 Å². The third kappa shape index (κ3) is 8.32. The van der Waals surface area contributed by atoms with Gasteiger partial charge in [0.05, 0.1) is 52.3 Å². The Morgan fingerprint density at radius 2 is 1.60 bits per heavy atom. The van der Waals surface area contributed by atoms with E-state index in [1.54, 1.807) is 44.4 Å². The number of hydrogen-bond donors (Lipinski definition) is 1. The lowest BCUT2D eigenvalue weighted by Crippen LogP contribution is -2.46. The maximum atomic E-state index is 14.5. The highest BCUT2D eigenvalue weighted by atomic mass is 35.5. The minimum absolute atomic E-state index is 0.114. The molecule has 0 aliphatic carbocycles. The molecule has 15 heteroatoms. The lowest BCUT2D eigenvalue weighted by molar-refractivity contribution is -0.122. The fourth-order valence-electron chi connectivity index (χ4n) is 7.03. The minimum atomic E-state index is -0.386. The molecule has 2 aliphatic rings. The average Bonchev–Trinajstić information content (AvgIpc) is 3.19. The zero-order chi connectivity index (χ0) is 37.5. The molecule has 14 nitrogen and oxygen atoms in total. The molecule has 2 aliphatic heterocycles. The number of fused-ring (bicyclic) bond motifs is 5. The number of methoxy groups -OCH3 is 4. The number of nitrogens with zero attached hydrogens (tertiary/aromatic N) is 6. The molecule has 2 aromatic carbocycles. The monoisotopic (exact) mass is 745 g/mol. The van der Waals surface area contributed by atoms with E-state index in [1.807, 2.05) is 12.1 Å². The molecule has 6 rings (SSSR count). The summed E-state index contributed by atoms with van der Waals surface area (Å²) in [5, 5.41) is 4.17. The van der Waals surface area contributed by atoms with Crippen LogP contribution in [0, 0.1) is 5.92 Å². The summed E-state index contributed by atoms with van der Waals surface area (Å²) in [6.45, 7) is 2.44. The van der Waals surface area contributed by atoms with E-state index in [0.29, 0.717) is 77.0 Å². The number of anilines is 1. The van der Waals surface area contributed by atoms with E-state index in [1.165, 1.54) is 30.6 Å². The molecule has 53 heavy (non-hydrogen) atoms. The zero-order valence-corrected chi connectivity index (χ0v) is 31.1. The summed E-state index contributed by atoms with van der Waals surface area (Å²) in [6.07, 6.45) is 7.12. The molecule has 0 saturated carbocycles. The van der Waals surface area contributed by atoms with Crippen molar-refractivity contribution >= 4 is 46.0 Å². The number of nitrogens with one attached hydrogen (secondary N) is 1. The Morgan fingerprint density at radius 1 is 0.849 bits per heavy atom. The molecule has 4 aromatic rings. The number of ether oxygens (including phenoxy) is 4. The highest BCUT2D eigenvalue weighted by Gasteiger charge is 2.29. The Balaban J connectivity index is 1.44. The highest BCUT2D eigenvalue weighted by molar-refractivity contribution is 6.31. The molecule has 1 fully saturated rings. The van der Waals surface area contributed by atoms with Crippen LogP contribution in [0.25, 0.3) is 10.9 Å². The fourth-order valence-corrected chi connectivity index (χ4v) is 7.20. The van der Waals surface area contributed by atoms with Crippen molar-refractivity contribution in [3.8, 4) is 23.0 Å². The molecule has 280 valence electrons. The lowest BCUT2D eigenvalue weighted by atomic mass is 9.97. The molecule has 1 unspecified atom stereocenters. The Hall–Kier alpha value is -5.37. The summed E-state index contributed by atoms with van der Waals surface area (Å²) in [5.74, 6) is 1.70. The second kappa shape index (κ2) is 17.0. The van der Waals surface area contributed by atoms with Gasteiger partial charge in [0.2, 0.25) is 11.7 Å². The predicted molar refractivity (Wildman–Crippen MR) is 199 cm³/mol. The Labute approximate surface area is 313 Å². The van der Waals surface area contributed by atoms with Gasteiger partial charge in [0, 0.05) is 73.7 Å². The van der Waals surface area contributed by atoms with Gasteiger partial charge in [0.1, 0.15) is 17.3 Å². The minimum Gasteiger partial charge on any atom is -0.496 e. The largest absolute Gasteiger partial charge is 0.496 e. The van der Waals surface area contributed by atoms with Crippen molar-refractivity contribution in [3.05, 3.63) is 70.8 Å². The third-order valence-electron chi connectivity index (χ3n) is 9.64. The van der Waals surface area contributed by atoms with Gasteiger partial charge in [0.25, 0.3) is 11.8 Å². The van der Waals surface area contributed by atoms with E-state index in [2.05, 4.69) is 20.2 Å². The van der Waals surface area contributed by atoms with Crippen molar-refractivity contribution in [1.29, 1.82) is 0 Å². The highest BCUT2D eigenvalue weighted by Crippen LogP contribution is 2.44. The second-order valence-electron chi connectivity index (χ2n) is 13.0. The molecule has 1 N–H and O–H groups in total. The number of amides is 3. The van der Waals surface area contributed by atoms with Gasteiger partial charge >= 0.3 is 0 Å². The van der Waals surface area contributed by atoms with Gasteiger partial charge in [-0.15, -0.1) is 0 Å². The van der Waals surface area contributed by atoms with Crippen LogP contribution >= 0.6 is 11.6 Å². The maximum Gasteiger partial charge on any atom is 0.274 e. The van der Waals surface area contributed by atoms with Crippen LogP contribution in [0.1, 0.15) is 52.1 Å². The van der Waals surface area contributed by atoms with Crippen molar-refractivity contribution in [2.24, 2.45) is 5.92 Å². The van der Waals surface area contributed by atoms with Crippen LogP contribution in [0.15, 0.2) is 48.9 Å². The van der Waals surface area contributed by atoms with Crippen molar-refractivity contribution in [2.45, 2.75) is 32.2 Å². The van der Waals surface area contributed by atoms with Crippen molar-refractivity contribution in [1.82, 2.24) is 30.1 Å². The first-order valence-electron chi connectivity index (χ1n) is 17.6. The molecule has 3 amide bonds. The van der Waals surface area contributed by atoms with Crippen molar-refractivity contribution < 1.29 is 33.3 Å². The summed E-state index contributed by atoms with van der Waals surface area (Å²) in [7, 11) is 6.20. The first kappa shape index (κ1) is 37.4. The molecule has 2 aromatic heterocycles. The Bertz CT molecular complexity index is 1960. The van der Waals surface area contributed by atoms with E-state index in [-0.39, 0.29) is 49.0 Å². The summed E-state index contributed by atoms with van der Waals surface area (Å²) in [4.78, 5) is 60.2. The molecule has 0 spiro atoms. The topological polar surface area (TPSA) is 149 Å². The summed E-state index contributed by atoms with van der Waals surface area (Å²) in [6, 6.07) is 8.79. The van der Waals surface area contributed by atoms with Crippen molar-refractivity contribution in [3.63, 3.8) is 0 Å². The van der Waals surface area contributed by atoms with Crippen LogP contribution in [0.2, 0.25) is 5.02 Å². The van der Waals surface area contributed by atoms with Crippen LogP contribution in [0.5, 0.6) is 23.0 Å². The quantitative estimate of drug-likeness (QED) is 0.295. The number of carbonyl (C=O) groups excluding carboxylic acids is 3. The smallest absolute Gasteiger partial charge is 0.274 e. The standard InChI is InChI=1S/C38H44ClN7O7/c1-50-31-10-9-26(39)17-28(31)37(48)45-13-5-6-14-46(38(49)30-20-40-11-12-41-30)23-33(47)42-19-24-8-7-15-44(21-24)36-25(22-45)16-27-29(43-36)18-32(51-2)35(53-4)34(27)52-3/h9-12,16-18,20,24H,5-8,13-15,19,21-23H2,1-4H3,(H,42,47). The van der Waals surface area contributed by atoms with E-state index in [9.17, 15) is 14.4 Å². The number of hydrogen-bond acceptors (Lipinski definition) is 11. The molecular formula is C38H44ClN7O7. The number of piperidine rings is 1. The number of halogens is 1. The summed E-state index contributed by atoms with van der Waals surface area (Å²) < 4.78 is 22.8. The molecule has 1 saturated heterocycles. The number of carbonyl (C=O) groups is 3. The number of aromatic nitrogens is 3. The van der Waals surface area contributed by atoms with E-state index in [4.69, 9.17) is 35.5 Å². The zero-order valence-electron chi connectivity index (χ0n) is 30.4. The van der Waals surface area contributed by atoms with Gasteiger partial charge < -0.3 is 39.0 Å². The van der Waals surface area contributed by atoms with Crippen LogP contribution < -0.4 is 29.2 Å². The fraction of sp³-hybridized carbons (Fsp3) is 0.421. The van der Waals surface area contributed by atoms with Crippen LogP contribution in [0.4, 0.5) is 5.82 Å². The van der Waals surface area contributed by atoms with Gasteiger partial charge in [-0.2, -0.15) is 0 Å². The van der Waals surface area contributed by atoms with E-state index >= 15 is 0 Å². The number of rotatable bonds is 6. The van der Waals surface area contributed by atoms with Gasteiger partial charge in [-0.25, -0.2) is 9.97 Å². The van der Waals surface area contributed by atoms with Gasteiger partial charge in [-0.05, 0) is 55.9 Å². The molecule has 0 radical (unpaired) electrons. The van der Waals surface area contributed by atoms with E-state index < -0.39 is 0 Å². The van der Waals surface area contributed by atoms with Crippen LogP contribution in [-0.4, -0.2) is 110 Å². The van der Waals surface area contributed by atoms with Crippen LogP contribution in [0.3, 0.4) is 0 Å². The molecular weight excluding hydrogens is 702 g/mol. The predicted octanol–water partition coefficient (Wildman–Crippen LogP) is 4.62. The SMILES string of the molecule is COc1ccc(Cl)cc1C(=O)N1CCCCN(C(=O)c2cnccn2)CC(=O)NCC2CCCN(C2)c2nc3cc(OC)c(OC)c(OC)c3cc2C1. The summed E-state index contributed by atoms with van der Waals surface area (Å²) in [5.41, 5.74) is 1.92. The van der Waals surface area contributed by atoms with Crippen molar-refractivity contribution in [2.75, 3.05) is 72.6 Å². The van der Waals surface area contributed by atoms with Crippen LogP contribution in [-0.2, 0) is 11.3 Å². The maximum absolute atomic E-state index is 14.5. The van der Waals surface area contributed by atoms with Gasteiger partial charge in [-0.1, -0.05) is 11.6 Å². The number of benzene rings is 2. The average molecular weight is 746 g/mol. The Morgan fingerprint density at radius 3 is 2.30 bits per heavy atom. The first-order valence-corrected chi connectivity index (χ1v) is 17.9.